The van der Waals surface area contributed by atoms with Gasteiger partial charge in [-0.25, -0.2) is 9.98 Å². The molecule has 0 radical (unpaired) electrons. The van der Waals surface area contributed by atoms with E-state index in [9.17, 15) is 5.11 Å². The van der Waals surface area contributed by atoms with Crippen LogP contribution in [0.3, 0.4) is 0 Å². The van der Waals surface area contributed by atoms with Gasteiger partial charge in [-0.05, 0) is 31.6 Å². The first-order valence-corrected chi connectivity index (χ1v) is 11.3. The van der Waals surface area contributed by atoms with Crippen LogP contribution in [0.25, 0.3) is 11.3 Å². The summed E-state index contributed by atoms with van der Waals surface area (Å²) in [4.78, 5) is 9.47. The monoisotopic (exact) mass is 400 g/mol. The first-order chi connectivity index (χ1) is 13.7. The predicted molar refractivity (Wildman–Crippen MR) is 118 cm³/mol. The van der Waals surface area contributed by atoms with Gasteiger partial charge in [0.05, 0.1) is 12.2 Å². The Kier molecular flexibility index (Phi) is 7.86. The molecule has 0 unspecified atom stereocenters. The molecule has 0 amide bonds. The van der Waals surface area contributed by atoms with E-state index in [4.69, 9.17) is 9.98 Å². The molecule has 5 nitrogen and oxygen atoms in total. The van der Waals surface area contributed by atoms with Crippen LogP contribution in [0, 0.1) is 5.41 Å². The molecule has 28 heavy (non-hydrogen) atoms. The lowest BCUT2D eigenvalue weighted by molar-refractivity contribution is 0.131. The largest absolute Gasteiger partial charge is 0.396 e. The van der Waals surface area contributed by atoms with Crippen molar-refractivity contribution in [3.05, 3.63) is 40.7 Å². The molecule has 0 aliphatic heterocycles. The molecule has 152 valence electrons. The van der Waals surface area contributed by atoms with Gasteiger partial charge in [0.2, 0.25) is 0 Å². The molecule has 0 bridgehead atoms. The summed E-state index contributed by atoms with van der Waals surface area (Å²) in [5.74, 6) is 0.835. The zero-order chi connectivity index (χ0) is 19.7. The van der Waals surface area contributed by atoms with Gasteiger partial charge < -0.3 is 15.7 Å². The highest BCUT2D eigenvalue weighted by molar-refractivity contribution is 7.09. The van der Waals surface area contributed by atoms with Crippen LogP contribution in [0.4, 0.5) is 0 Å². The Morgan fingerprint density at radius 3 is 2.68 bits per heavy atom. The van der Waals surface area contributed by atoms with Crippen molar-refractivity contribution in [3.63, 3.8) is 0 Å². The number of benzene rings is 1. The van der Waals surface area contributed by atoms with E-state index in [0.717, 1.165) is 41.7 Å². The third-order valence-electron chi connectivity index (χ3n) is 5.53. The molecule has 0 spiro atoms. The number of thiazole rings is 1. The van der Waals surface area contributed by atoms with Crippen molar-refractivity contribution in [3.8, 4) is 11.3 Å². The van der Waals surface area contributed by atoms with E-state index in [1.807, 2.05) is 18.2 Å². The number of aromatic nitrogens is 1. The van der Waals surface area contributed by atoms with Crippen molar-refractivity contribution in [1.29, 1.82) is 0 Å². The van der Waals surface area contributed by atoms with Gasteiger partial charge in [-0.15, -0.1) is 11.3 Å². The highest BCUT2D eigenvalue weighted by Crippen LogP contribution is 2.38. The van der Waals surface area contributed by atoms with E-state index in [-0.39, 0.29) is 12.0 Å². The van der Waals surface area contributed by atoms with E-state index in [1.165, 1.54) is 32.1 Å². The molecule has 1 aromatic heterocycles. The van der Waals surface area contributed by atoms with Crippen LogP contribution >= 0.6 is 11.3 Å². The third kappa shape index (κ3) is 5.79. The molecule has 0 atom stereocenters. The summed E-state index contributed by atoms with van der Waals surface area (Å²) >= 11 is 1.65. The summed E-state index contributed by atoms with van der Waals surface area (Å²) in [5.41, 5.74) is 2.35. The summed E-state index contributed by atoms with van der Waals surface area (Å²) in [5, 5.41) is 19.5. The van der Waals surface area contributed by atoms with Crippen molar-refractivity contribution in [1.82, 2.24) is 15.6 Å². The fraction of sp³-hybridized carbons (Fsp3) is 0.545. The number of nitrogens with one attached hydrogen (secondary N) is 2. The van der Waals surface area contributed by atoms with Crippen molar-refractivity contribution in [2.75, 3.05) is 19.7 Å². The van der Waals surface area contributed by atoms with Gasteiger partial charge in [0.1, 0.15) is 5.01 Å². The van der Waals surface area contributed by atoms with Crippen LogP contribution < -0.4 is 10.6 Å². The van der Waals surface area contributed by atoms with Crippen LogP contribution in [-0.2, 0) is 6.54 Å². The maximum Gasteiger partial charge on any atom is 0.191 e. The van der Waals surface area contributed by atoms with Gasteiger partial charge in [-0.1, -0.05) is 49.6 Å². The van der Waals surface area contributed by atoms with Crippen molar-refractivity contribution < 1.29 is 5.11 Å². The minimum atomic E-state index is 0.199. The first-order valence-electron chi connectivity index (χ1n) is 10.4. The van der Waals surface area contributed by atoms with E-state index < -0.39 is 0 Å². The highest BCUT2D eigenvalue weighted by atomic mass is 32.1. The topological polar surface area (TPSA) is 69.5 Å². The molecule has 1 fully saturated rings. The second-order valence-electron chi connectivity index (χ2n) is 7.58. The van der Waals surface area contributed by atoms with E-state index in [2.05, 4.69) is 35.1 Å². The Morgan fingerprint density at radius 2 is 1.96 bits per heavy atom. The Labute approximate surface area is 172 Å². The molecule has 1 aliphatic carbocycles. The maximum absolute atomic E-state index is 9.52. The van der Waals surface area contributed by atoms with Crippen molar-refractivity contribution in [2.45, 2.75) is 52.0 Å². The van der Waals surface area contributed by atoms with Gasteiger partial charge in [-0.3, -0.25) is 0 Å². The van der Waals surface area contributed by atoms with Crippen LogP contribution in [-0.4, -0.2) is 35.7 Å². The molecule has 3 N–H and O–H groups in total. The number of aliphatic hydroxyl groups excluding tert-OH is 1. The summed E-state index contributed by atoms with van der Waals surface area (Å²) in [6.45, 7) is 4.60. The standard InChI is InChI=1S/C22H32N4OS/c1-2-23-21(25-17-22(13-14-27)11-7-4-8-12-22)24-15-20-26-19(16-28-20)18-9-5-3-6-10-18/h3,5-6,9-10,16,27H,2,4,7-8,11-15,17H2,1H3,(H2,23,24,25). The minimum Gasteiger partial charge on any atom is -0.396 e. The first kappa shape index (κ1) is 20.8. The summed E-state index contributed by atoms with van der Waals surface area (Å²) in [7, 11) is 0. The van der Waals surface area contributed by atoms with Gasteiger partial charge in [0.15, 0.2) is 5.96 Å². The lowest BCUT2D eigenvalue weighted by Gasteiger charge is -2.37. The number of nitrogens with zero attached hydrogens (tertiary/aromatic N) is 2. The van der Waals surface area contributed by atoms with Gasteiger partial charge in [0.25, 0.3) is 0 Å². The average Bonchev–Trinajstić information content (AvgIpc) is 3.21. The number of rotatable bonds is 8. The Balaban J connectivity index is 1.61. The fourth-order valence-corrected chi connectivity index (χ4v) is 4.67. The van der Waals surface area contributed by atoms with Crippen LogP contribution in [0.15, 0.2) is 40.7 Å². The van der Waals surface area contributed by atoms with Crippen LogP contribution in [0.1, 0.15) is 50.5 Å². The summed E-state index contributed by atoms with van der Waals surface area (Å²) in [6, 6.07) is 10.3. The number of aliphatic hydroxyl groups is 1. The molecule has 0 saturated heterocycles. The highest BCUT2D eigenvalue weighted by Gasteiger charge is 2.31. The molecule has 2 aromatic rings. The van der Waals surface area contributed by atoms with Crippen molar-refractivity contribution >= 4 is 17.3 Å². The Hall–Kier alpha value is -1.92. The fourth-order valence-electron chi connectivity index (χ4n) is 3.94. The lowest BCUT2D eigenvalue weighted by atomic mass is 9.72. The number of guanidine groups is 1. The maximum atomic E-state index is 9.52. The number of aliphatic imine (C=N–C) groups is 1. The quantitative estimate of drug-likeness (QED) is 0.459. The molecular formula is C22H32N4OS. The smallest absolute Gasteiger partial charge is 0.191 e. The zero-order valence-corrected chi connectivity index (χ0v) is 17.6. The SMILES string of the molecule is CCNC(=NCc1nc(-c2ccccc2)cs1)NCC1(CCO)CCCCC1. The van der Waals surface area contributed by atoms with Gasteiger partial charge in [-0.2, -0.15) is 0 Å². The predicted octanol–water partition coefficient (Wildman–Crippen LogP) is 4.20. The van der Waals surface area contributed by atoms with E-state index >= 15 is 0 Å². The molecule has 1 saturated carbocycles. The molecule has 6 heteroatoms. The van der Waals surface area contributed by atoms with E-state index in [0.29, 0.717) is 6.54 Å². The van der Waals surface area contributed by atoms with Crippen molar-refractivity contribution in [2.24, 2.45) is 10.4 Å². The molecular weight excluding hydrogens is 368 g/mol. The Bertz CT molecular complexity index is 732. The third-order valence-corrected chi connectivity index (χ3v) is 6.36. The number of hydrogen-bond donors (Lipinski definition) is 3. The Morgan fingerprint density at radius 1 is 1.18 bits per heavy atom. The summed E-state index contributed by atoms with van der Waals surface area (Å²) in [6.07, 6.45) is 7.08. The van der Waals surface area contributed by atoms with E-state index in [1.54, 1.807) is 11.3 Å². The van der Waals surface area contributed by atoms with Gasteiger partial charge >= 0.3 is 0 Å². The lowest BCUT2D eigenvalue weighted by Crippen LogP contribution is -2.44. The minimum absolute atomic E-state index is 0.199. The number of hydrogen-bond acceptors (Lipinski definition) is 4. The van der Waals surface area contributed by atoms with Crippen LogP contribution in [0.5, 0.6) is 0 Å². The average molecular weight is 401 g/mol. The molecule has 1 heterocycles. The second-order valence-corrected chi connectivity index (χ2v) is 8.52. The molecule has 1 aliphatic rings. The molecule has 1 aromatic carbocycles. The second kappa shape index (κ2) is 10.6. The van der Waals surface area contributed by atoms with Gasteiger partial charge in [0, 0.05) is 30.6 Å². The normalized spacial score (nSPS) is 16.7. The summed E-state index contributed by atoms with van der Waals surface area (Å²) < 4.78 is 0. The molecule has 3 rings (SSSR count). The zero-order valence-electron chi connectivity index (χ0n) is 16.8. The van der Waals surface area contributed by atoms with Crippen LogP contribution in [0.2, 0.25) is 0 Å².